The number of rotatable bonds is 6. The van der Waals surface area contributed by atoms with Crippen LogP contribution in [-0.2, 0) is 14.4 Å². The number of hydrogen-bond donors (Lipinski definition) is 1. The van der Waals surface area contributed by atoms with Crippen molar-refractivity contribution in [1.82, 2.24) is 4.90 Å². The van der Waals surface area contributed by atoms with Gasteiger partial charge in [0.1, 0.15) is 0 Å². The van der Waals surface area contributed by atoms with Crippen LogP contribution in [0.1, 0.15) is 30.0 Å². The normalized spacial score (nSPS) is 25.9. The third-order valence-corrected chi connectivity index (χ3v) is 7.10. The van der Waals surface area contributed by atoms with Gasteiger partial charge in [0, 0.05) is 17.8 Å². The maximum Gasteiger partial charge on any atom is 0.269 e. The van der Waals surface area contributed by atoms with Crippen LogP contribution in [-0.4, -0.2) is 27.5 Å². The highest BCUT2D eigenvalue weighted by atomic mass is 16.6. The van der Waals surface area contributed by atoms with Crippen molar-refractivity contribution in [3.8, 4) is 0 Å². The first kappa shape index (κ1) is 21.1. The lowest BCUT2D eigenvalue weighted by atomic mass is 9.85. The molecule has 5 unspecified atom stereocenters. The van der Waals surface area contributed by atoms with Crippen LogP contribution < -0.4 is 5.32 Å². The van der Waals surface area contributed by atoms with Crippen molar-refractivity contribution >= 4 is 29.1 Å². The molecule has 1 saturated carbocycles. The number of fused-ring (bicyclic) bond motifs is 5. The molecule has 5 atom stereocenters. The molecule has 1 aliphatic heterocycles. The quantitative estimate of drug-likeness (QED) is 0.315. The molecular weight excluding hydrogens is 422 g/mol. The van der Waals surface area contributed by atoms with E-state index in [0.717, 1.165) is 17.5 Å². The number of likely N-dealkylation sites (tertiary alicyclic amines) is 1. The van der Waals surface area contributed by atoms with Crippen molar-refractivity contribution in [3.63, 3.8) is 0 Å². The molecular formula is C25H23N3O5. The fourth-order valence-corrected chi connectivity index (χ4v) is 5.59. The van der Waals surface area contributed by atoms with Crippen LogP contribution in [0.4, 0.5) is 11.4 Å². The molecule has 0 radical (unpaired) electrons. The highest BCUT2D eigenvalue weighted by molar-refractivity contribution is 6.07. The Morgan fingerprint density at radius 3 is 2.24 bits per heavy atom. The Morgan fingerprint density at radius 1 is 1.06 bits per heavy atom. The lowest BCUT2D eigenvalue weighted by Gasteiger charge is -2.29. The van der Waals surface area contributed by atoms with E-state index in [2.05, 4.69) is 5.32 Å². The van der Waals surface area contributed by atoms with Crippen LogP contribution in [0.3, 0.4) is 0 Å². The van der Waals surface area contributed by atoms with E-state index in [-0.39, 0.29) is 53.5 Å². The molecule has 5 rings (SSSR count). The number of carbonyl (C=O) groups excluding carboxylic acids is 3. The van der Waals surface area contributed by atoms with Crippen LogP contribution in [0, 0.1) is 40.7 Å². The Bertz CT molecular complexity index is 1160. The third-order valence-electron chi connectivity index (χ3n) is 7.10. The first-order chi connectivity index (χ1) is 15.8. The number of nitro groups is 1. The summed E-state index contributed by atoms with van der Waals surface area (Å²) in [5, 5.41) is 13.6. The van der Waals surface area contributed by atoms with E-state index in [9.17, 15) is 24.5 Å². The number of carbonyl (C=O) groups is 3. The second kappa shape index (κ2) is 7.95. The summed E-state index contributed by atoms with van der Waals surface area (Å²) in [6, 6.07) is 12.3. The number of anilines is 1. The van der Waals surface area contributed by atoms with E-state index >= 15 is 0 Å². The summed E-state index contributed by atoms with van der Waals surface area (Å²) in [5.41, 5.74) is 1.99. The largest absolute Gasteiger partial charge is 0.326 e. The number of nitro benzene ring substituents is 1. The molecule has 1 heterocycles. The topological polar surface area (TPSA) is 110 Å². The number of aryl methyl sites for hydroxylation is 1. The molecule has 2 aromatic carbocycles. The van der Waals surface area contributed by atoms with Gasteiger partial charge in [-0.1, -0.05) is 36.4 Å². The molecule has 0 aromatic heterocycles. The smallest absolute Gasteiger partial charge is 0.269 e. The van der Waals surface area contributed by atoms with Crippen molar-refractivity contribution < 1.29 is 19.3 Å². The number of non-ortho nitro benzene ring substituents is 1. The first-order valence-corrected chi connectivity index (χ1v) is 11.0. The van der Waals surface area contributed by atoms with Gasteiger partial charge in [-0.15, -0.1) is 0 Å². The van der Waals surface area contributed by atoms with Crippen molar-refractivity contribution in [2.24, 2.45) is 23.7 Å². The predicted molar refractivity (Wildman–Crippen MR) is 120 cm³/mol. The molecule has 2 aliphatic carbocycles. The summed E-state index contributed by atoms with van der Waals surface area (Å²) >= 11 is 0. The average molecular weight is 445 g/mol. The van der Waals surface area contributed by atoms with Crippen LogP contribution in [0.25, 0.3) is 0 Å². The second-order valence-electron chi connectivity index (χ2n) is 8.98. The number of amides is 3. The molecule has 2 bridgehead atoms. The maximum atomic E-state index is 13.4. The molecule has 168 valence electrons. The second-order valence-corrected chi connectivity index (χ2v) is 8.98. The first-order valence-electron chi connectivity index (χ1n) is 11.0. The number of nitrogens with zero attached hydrogens (tertiary/aromatic N) is 2. The van der Waals surface area contributed by atoms with Gasteiger partial charge >= 0.3 is 0 Å². The molecule has 8 heteroatoms. The SMILES string of the molecule is Cc1ccccc1C(CC(=O)Nc1ccc([N+](=O)[O-])cc1)N1C(=O)C2C3C=CC(C3)C2C1=O. The lowest BCUT2D eigenvalue weighted by Crippen LogP contribution is -2.38. The molecule has 3 amide bonds. The number of allylic oxidation sites excluding steroid dienone is 2. The maximum absolute atomic E-state index is 13.4. The zero-order valence-corrected chi connectivity index (χ0v) is 18.0. The highest BCUT2D eigenvalue weighted by Gasteiger charge is 2.60. The number of benzene rings is 2. The van der Waals surface area contributed by atoms with Gasteiger partial charge in [0.15, 0.2) is 0 Å². The fraction of sp³-hybridized carbons (Fsp3) is 0.320. The molecule has 8 nitrogen and oxygen atoms in total. The minimum Gasteiger partial charge on any atom is -0.326 e. The van der Waals surface area contributed by atoms with E-state index in [1.54, 1.807) is 0 Å². The van der Waals surface area contributed by atoms with Crippen molar-refractivity contribution in [3.05, 3.63) is 81.9 Å². The van der Waals surface area contributed by atoms with Crippen molar-refractivity contribution in [2.45, 2.75) is 25.8 Å². The molecule has 0 spiro atoms. The van der Waals surface area contributed by atoms with Gasteiger partial charge in [0.2, 0.25) is 17.7 Å². The summed E-state index contributed by atoms with van der Waals surface area (Å²) in [5.74, 6) is -1.26. The molecule has 3 aliphatic rings. The van der Waals surface area contributed by atoms with Gasteiger partial charge in [-0.05, 0) is 48.4 Å². The minimum atomic E-state index is -0.714. The average Bonchev–Trinajstić information content (AvgIpc) is 3.47. The third kappa shape index (κ3) is 3.51. The molecule has 1 saturated heterocycles. The minimum absolute atomic E-state index is 0.0752. The lowest BCUT2D eigenvalue weighted by molar-refractivity contribution is -0.384. The van der Waals surface area contributed by atoms with Gasteiger partial charge in [-0.3, -0.25) is 29.4 Å². The van der Waals surface area contributed by atoms with E-state index in [1.165, 1.54) is 29.2 Å². The predicted octanol–water partition coefficient (Wildman–Crippen LogP) is 3.78. The number of nitrogens with one attached hydrogen (secondary N) is 1. The highest BCUT2D eigenvalue weighted by Crippen LogP contribution is 2.54. The summed E-state index contributed by atoms with van der Waals surface area (Å²) < 4.78 is 0. The van der Waals surface area contributed by atoms with Crippen molar-refractivity contribution in [2.75, 3.05) is 5.32 Å². The fourth-order valence-electron chi connectivity index (χ4n) is 5.59. The molecule has 1 N–H and O–H groups in total. The number of hydrogen-bond acceptors (Lipinski definition) is 5. The monoisotopic (exact) mass is 445 g/mol. The van der Waals surface area contributed by atoms with E-state index < -0.39 is 11.0 Å². The van der Waals surface area contributed by atoms with Gasteiger partial charge in [0.05, 0.1) is 29.2 Å². The Labute approximate surface area is 190 Å². The summed E-state index contributed by atoms with van der Waals surface area (Å²) in [6.07, 6.45) is 4.84. The number of imide groups is 1. The van der Waals surface area contributed by atoms with Crippen molar-refractivity contribution in [1.29, 1.82) is 0 Å². The van der Waals surface area contributed by atoms with Gasteiger partial charge in [-0.25, -0.2) is 0 Å². The molecule has 2 aromatic rings. The summed E-state index contributed by atoms with van der Waals surface area (Å²) in [4.78, 5) is 51.5. The van der Waals surface area contributed by atoms with Crippen LogP contribution >= 0.6 is 0 Å². The van der Waals surface area contributed by atoms with Gasteiger partial charge < -0.3 is 5.32 Å². The zero-order chi connectivity index (χ0) is 23.3. The van der Waals surface area contributed by atoms with Gasteiger partial charge in [-0.2, -0.15) is 0 Å². The standard InChI is InChI=1S/C25H23N3O5/c1-14-4-2-3-5-19(14)20(13-21(29)26-17-8-10-18(11-9-17)28(32)33)27-24(30)22-15-6-7-16(12-15)23(22)25(27)31/h2-11,15-16,20,22-23H,12-13H2,1H3,(H,26,29). The van der Waals surface area contributed by atoms with Crippen LogP contribution in [0.5, 0.6) is 0 Å². The van der Waals surface area contributed by atoms with Gasteiger partial charge in [0.25, 0.3) is 5.69 Å². The Balaban J connectivity index is 1.42. The molecule has 33 heavy (non-hydrogen) atoms. The zero-order valence-electron chi connectivity index (χ0n) is 18.0. The Morgan fingerprint density at radius 2 is 1.67 bits per heavy atom. The molecule has 2 fully saturated rings. The van der Waals surface area contributed by atoms with Crippen LogP contribution in [0.2, 0.25) is 0 Å². The van der Waals surface area contributed by atoms with Crippen LogP contribution in [0.15, 0.2) is 60.7 Å². The Hall–Kier alpha value is -3.81. The Kier molecular flexibility index (Phi) is 5.08. The van der Waals surface area contributed by atoms with E-state index in [0.29, 0.717) is 5.69 Å². The van der Waals surface area contributed by atoms with E-state index in [4.69, 9.17) is 0 Å². The summed E-state index contributed by atoms with van der Waals surface area (Å²) in [6.45, 7) is 1.90. The van der Waals surface area contributed by atoms with E-state index in [1.807, 2.05) is 43.3 Å². The summed E-state index contributed by atoms with van der Waals surface area (Å²) in [7, 11) is 0.